The lowest BCUT2D eigenvalue weighted by atomic mass is 10.0. The summed E-state index contributed by atoms with van der Waals surface area (Å²) in [5.41, 5.74) is 1.14. The van der Waals surface area contributed by atoms with Crippen molar-refractivity contribution in [2.24, 2.45) is 0 Å². The summed E-state index contributed by atoms with van der Waals surface area (Å²) in [5.74, 6) is -1.09. The Bertz CT molecular complexity index is 668. The van der Waals surface area contributed by atoms with Crippen LogP contribution in [-0.4, -0.2) is 32.4 Å². The van der Waals surface area contributed by atoms with Gasteiger partial charge in [-0.2, -0.15) is 0 Å². The second-order valence-corrected chi connectivity index (χ2v) is 5.22. The molecule has 0 saturated heterocycles. The molecule has 1 aromatic heterocycles. The molecule has 1 aromatic carbocycles. The SMILES string of the molecule is COC(=O)c1cc(C(=O)OC)cc(-c2ccc(C=O)s2)c1. The molecule has 0 unspecified atom stereocenters. The number of methoxy groups -OCH3 is 2. The van der Waals surface area contributed by atoms with Gasteiger partial charge in [0.2, 0.25) is 0 Å². The van der Waals surface area contributed by atoms with Crippen molar-refractivity contribution in [2.75, 3.05) is 14.2 Å². The minimum Gasteiger partial charge on any atom is -0.465 e. The summed E-state index contributed by atoms with van der Waals surface area (Å²) >= 11 is 1.27. The number of thiophene rings is 1. The molecule has 0 amide bonds. The summed E-state index contributed by atoms with van der Waals surface area (Å²) in [7, 11) is 2.53. The smallest absolute Gasteiger partial charge is 0.337 e. The van der Waals surface area contributed by atoms with Gasteiger partial charge in [0.15, 0.2) is 6.29 Å². The zero-order chi connectivity index (χ0) is 15.4. The molecule has 0 N–H and O–H groups in total. The maximum Gasteiger partial charge on any atom is 0.337 e. The van der Waals surface area contributed by atoms with Crippen LogP contribution < -0.4 is 0 Å². The predicted octanol–water partition coefficient (Wildman–Crippen LogP) is 2.80. The van der Waals surface area contributed by atoms with Crippen LogP contribution in [0.15, 0.2) is 30.3 Å². The number of carbonyl (C=O) groups is 3. The Kier molecular flexibility index (Phi) is 4.49. The molecule has 1 heterocycles. The summed E-state index contributed by atoms with van der Waals surface area (Å²) in [5, 5.41) is 0. The third kappa shape index (κ3) is 3.17. The van der Waals surface area contributed by atoms with Gasteiger partial charge in [0.05, 0.1) is 30.2 Å². The minimum absolute atomic E-state index is 0.247. The predicted molar refractivity (Wildman–Crippen MR) is 77.8 cm³/mol. The molecule has 0 fully saturated rings. The maximum atomic E-state index is 11.7. The van der Waals surface area contributed by atoms with E-state index in [-0.39, 0.29) is 11.1 Å². The molecule has 0 bridgehead atoms. The number of carbonyl (C=O) groups excluding carboxylic acids is 3. The fourth-order valence-corrected chi connectivity index (χ4v) is 2.62. The quantitative estimate of drug-likeness (QED) is 0.641. The van der Waals surface area contributed by atoms with Gasteiger partial charge in [0, 0.05) is 4.88 Å². The van der Waals surface area contributed by atoms with E-state index in [0.717, 1.165) is 11.2 Å². The number of rotatable bonds is 4. The normalized spacial score (nSPS) is 10.0. The molecule has 0 spiro atoms. The van der Waals surface area contributed by atoms with E-state index in [9.17, 15) is 14.4 Å². The molecule has 0 aliphatic carbocycles. The second kappa shape index (κ2) is 6.32. The topological polar surface area (TPSA) is 69.7 Å². The van der Waals surface area contributed by atoms with Crippen molar-refractivity contribution in [3.8, 4) is 10.4 Å². The van der Waals surface area contributed by atoms with Gasteiger partial charge in [0.1, 0.15) is 0 Å². The average Bonchev–Trinajstić information content (AvgIpc) is 3.01. The summed E-state index contributed by atoms with van der Waals surface area (Å²) < 4.78 is 9.36. The lowest BCUT2D eigenvalue weighted by Gasteiger charge is -2.06. The molecule has 2 rings (SSSR count). The van der Waals surface area contributed by atoms with Gasteiger partial charge in [-0.1, -0.05) is 0 Å². The highest BCUT2D eigenvalue weighted by atomic mass is 32.1. The van der Waals surface area contributed by atoms with E-state index in [1.807, 2.05) is 0 Å². The maximum absolute atomic E-state index is 11.7. The first-order valence-electron chi connectivity index (χ1n) is 5.96. The number of hydrogen-bond acceptors (Lipinski definition) is 6. The van der Waals surface area contributed by atoms with Gasteiger partial charge >= 0.3 is 11.9 Å². The summed E-state index contributed by atoms with van der Waals surface area (Å²) in [4.78, 5) is 35.5. The van der Waals surface area contributed by atoms with Crippen molar-refractivity contribution in [2.45, 2.75) is 0 Å². The van der Waals surface area contributed by atoms with Crippen molar-refractivity contribution in [3.63, 3.8) is 0 Å². The number of aldehydes is 1. The molecular weight excluding hydrogens is 292 g/mol. The van der Waals surface area contributed by atoms with Gasteiger partial charge in [-0.25, -0.2) is 9.59 Å². The van der Waals surface area contributed by atoms with Crippen LogP contribution in [0.1, 0.15) is 30.4 Å². The monoisotopic (exact) mass is 304 g/mol. The zero-order valence-electron chi connectivity index (χ0n) is 11.4. The molecule has 0 saturated carbocycles. The van der Waals surface area contributed by atoms with Gasteiger partial charge in [-0.05, 0) is 35.9 Å². The lowest BCUT2D eigenvalue weighted by Crippen LogP contribution is -2.06. The van der Waals surface area contributed by atoms with E-state index in [2.05, 4.69) is 9.47 Å². The van der Waals surface area contributed by atoms with Crippen molar-refractivity contribution in [1.29, 1.82) is 0 Å². The van der Waals surface area contributed by atoms with E-state index in [0.29, 0.717) is 10.4 Å². The summed E-state index contributed by atoms with van der Waals surface area (Å²) in [6, 6.07) is 8.06. The third-order valence-electron chi connectivity index (χ3n) is 2.80. The Morgan fingerprint density at radius 1 is 1.00 bits per heavy atom. The Labute approximate surface area is 125 Å². The van der Waals surface area contributed by atoms with Crippen molar-refractivity contribution in [1.82, 2.24) is 0 Å². The highest BCUT2D eigenvalue weighted by molar-refractivity contribution is 7.17. The molecule has 6 heteroatoms. The first-order chi connectivity index (χ1) is 10.1. The molecule has 0 aliphatic heterocycles. The van der Waals surface area contributed by atoms with E-state index in [1.54, 1.807) is 24.3 Å². The molecular formula is C15H12O5S. The van der Waals surface area contributed by atoms with E-state index >= 15 is 0 Å². The third-order valence-corrected chi connectivity index (χ3v) is 3.86. The van der Waals surface area contributed by atoms with Gasteiger partial charge in [-0.3, -0.25) is 4.79 Å². The number of esters is 2. The fraction of sp³-hybridized carbons (Fsp3) is 0.133. The van der Waals surface area contributed by atoms with E-state index < -0.39 is 11.9 Å². The van der Waals surface area contributed by atoms with Crippen molar-refractivity contribution < 1.29 is 23.9 Å². The molecule has 0 atom stereocenters. The lowest BCUT2D eigenvalue weighted by molar-refractivity contribution is 0.0599. The first-order valence-corrected chi connectivity index (χ1v) is 6.77. The van der Waals surface area contributed by atoms with Crippen LogP contribution in [0.5, 0.6) is 0 Å². The van der Waals surface area contributed by atoms with Gasteiger partial charge < -0.3 is 9.47 Å². The minimum atomic E-state index is -0.547. The Hall–Kier alpha value is -2.47. The Morgan fingerprint density at radius 2 is 1.57 bits per heavy atom. The van der Waals surface area contributed by atoms with Crippen LogP contribution in [-0.2, 0) is 9.47 Å². The van der Waals surface area contributed by atoms with E-state index in [4.69, 9.17) is 0 Å². The zero-order valence-corrected chi connectivity index (χ0v) is 12.2. The average molecular weight is 304 g/mol. The van der Waals surface area contributed by atoms with E-state index in [1.165, 1.54) is 31.6 Å². The highest BCUT2D eigenvalue weighted by Crippen LogP contribution is 2.29. The highest BCUT2D eigenvalue weighted by Gasteiger charge is 2.15. The van der Waals surface area contributed by atoms with Crippen LogP contribution in [0, 0.1) is 0 Å². The second-order valence-electron chi connectivity index (χ2n) is 4.10. The number of ether oxygens (including phenoxy) is 2. The largest absolute Gasteiger partial charge is 0.465 e. The van der Waals surface area contributed by atoms with Crippen molar-refractivity contribution in [3.05, 3.63) is 46.3 Å². The van der Waals surface area contributed by atoms with Crippen LogP contribution in [0.4, 0.5) is 0 Å². The molecule has 2 aromatic rings. The van der Waals surface area contributed by atoms with Crippen LogP contribution >= 0.6 is 11.3 Å². The Balaban J connectivity index is 2.56. The molecule has 108 valence electrons. The fourth-order valence-electron chi connectivity index (χ4n) is 1.81. The molecule has 0 radical (unpaired) electrons. The standard InChI is InChI=1S/C15H12O5S/c1-19-14(17)10-5-9(6-11(7-10)15(18)20-2)13-4-3-12(8-16)21-13/h3-8H,1-2H3. The number of benzene rings is 1. The van der Waals surface area contributed by atoms with Crippen LogP contribution in [0.25, 0.3) is 10.4 Å². The molecule has 5 nitrogen and oxygen atoms in total. The van der Waals surface area contributed by atoms with Crippen LogP contribution in [0.2, 0.25) is 0 Å². The van der Waals surface area contributed by atoms with Crippen molar-refractivity contribution >= 4 is 29.6 Å². The molecule has 0 aliphatic rings. The molecule has 21 heavy (non-hydrogen) atoms. The van der Waals surface area contributed by atoms with Crippen LogP contribution in [0.3, 0.4) is 0 Å². The first kappa shape index (κ1) is 14.9. The van der Waals surface area contributed by atoms with Gasteiger partial charge in [-0.15, -0.1) is 11.3 Å². The number of hydrogen-bond donors (Lipinski definition) is 0. The summed E-state index contributed by atoms with van der Waals surface area (Å²) in [6.07, 6.45) is 0.750. The van der Waals surface area contributed by atoms with Gasteiger partial charge in [0.25, 0.3) is 0 Å². The Morgan fingerprint density at radius 3 is 2.00 bits per heavy atom. The summed E-state index contributed by atoms with van der Waals surface area (Å²) in [6.45, 7) is 0.